The van der Waals surface area contributed by atoms with Crippen LogP contribution in [0.3, 0.4) is 0 Å². The number of nitrogens with one attached hydrogen (secondary N) is 1. The Morgan fingerprint density at radius 2 is 2.26 bits per heavy atom. The molecule has 0 saturated carbocycles. The minimum Gasteiger partial charge on any atom is -0.313 e. The number of aromatic nitrogens is 4. The molecule has 0 saturated heterocycles. The molecule has 0 aliphatic rings. The van der Waals surface area contributed by atoms with Crippen LogP contribution in [-0.4, -0.2) is 24.8 Å². The molecular formula is C15H12ClN5OS. The normalized spacial score (nSPS) is 11.4. The number of rotatable bonds is 3. The summed E-state index contributed by atoms with van der Waals surface area (Å²) in [6.07, 6.45) is 3.99. The van der Waals surface area contributed by atoms with Gasteiger partial charge in [0.1, 0.15) is 0 Å². The maximum Gasteiger partial charge on any atom is 0.232 e. The van der Waals surface area contributed by atoms with E-state index in [2.05, 4.69) is 15.3 Å². The molecule has 1 aromatic carbocycles. The first-order valence-electron chi connectivity index (χ1n) is 6.93. The molecule has 0 spiro atoms. The first-order valence-corrected chi connectivity index (χ1v) is 8.19. The summed E-state index contributed by atoms with van der Waals surface area (Å²) in [5.41, 5.74) is 2.39. The Hall–Kier alpha value is -2.38. The minimum absolute atomic E-state index is 0.153. The fourth-order valence-electron chi connectivity index (χ4n) is 2.48. The van der Waals surface area contributed by atoms with Gasteiger partial charge in [0, 0.05) is 29.8 Å². The van der Waals surface area contributed by atoms with E-state index in [4.69, 9.17) is 11.6 Å². The van der Waals surface area contributed by atoms with Gasteiger partial charge in [0.25, 0.3) is 0 Å². The van der Waals surface area contributed by atoms with Gasteiger partial charge in [-0.3, -0.25) is 14.5 Å². The van der Waals surface area contributed by atoms with Crippen LogP contribution in [0.4, 0.5) is 5.95 Å². The monoisotopic (exact) mass is 345 g/mol. The van der Waals surface area contributed by atoms with E-state index in [1.54, 1.807) is 12.1 Å². The lowest BCUT2D eigenvalue weighted by atomic mass is 10.3. The van der Waals surface area contributed by atoms with Gasteiger partial charge >= 0.3 is 0 Å². The van der Waals surface area contributed by atoms with Crippen molar-refractivity contribution in [2.45, 2.75) is 6.42 Å². The average molecular weight is 346 g/mol. The Morgan fingerprint density at radius 1 is 1.39 bits per heavy atom. The topological polar surface area (TPSA) is 64.2 Å². The van der Waals surface area contributed by atoms with Gasteiger partial charge in [0.05, 0.1) is 23.1 Å². The predicted octanol–water partition coefficient (Wildman–Crippen LogP) is 3.12. The molecular weight excluding hydrogens is 334 g/mol. The molecule has 0 aliphatic heterocycles. The van der Waals surface area contributed by atoms with Crippen LogP contribution in [0.25, 0.3) is 16.0 Å². The molecule has 0 unspecified atom stereocenters. The van der Waals surface area contributed by atoms with Crippen LogP contribution in [0, 0.1) is 0 Å². The van der Waals surface area contributed by atoms with E-state index in [1.807, 2.05) is 39.9 Å². The van der Waals surface area contributed by atoms with Crippen LogP contribution >= 0.6 is 22.9 Å². The number of carbonyl (C=O) groups excluding carboxylic acids is 1. The van der Waals surface area contributed by atoms with Crippen molar-refractivity contribution in [1.82, 2.24) is 18.9 Å². The van der Waals surface area contributed by atoms with Crippen molar-refractivity contribution in [2.24, 2.45) is 7.05 Å². The van der Waals surface area contributed by atoms with Crippen LogP contribution in [0.15, 0.2) is 36.0 Å². The van der Waals surface area contributed by atoms with Crippen molar-refractivity contribution in [1.29, 1.82) is 0 Å². The zero-order valence-corrected chi connectivity index (χ0v) is 13.7. The number of benzene rings is 1. The van der Waals surface area contributed by atoms with Crippen molar-refractivity contribution in [3.05, 3.63) is 46.7 Å². The van der Waals surface area contributed by atoms with Crippen LogP contribution < -0.4 is 5.32 Å². The van der Waals surface area contributed by atoms with Gasteiger partial charge in [0.15, 0.2) is 4.96 Å². The summed E-state index contributed by atoms with van der Waals surface area (Å²) in [6, 6.07) is 5.45. The van der Waals surface area contributed by atoms with Crippen LogP contribution in [-0.2, 0) is 18.3 Å². The number of carbonyl (C=O) groups is 1. The van der Waals surface area contributed by atoms with E-state index in [1.165, 1.54) is 11.3 Å². The highest BCUT2D eigenvalue weighted by Crippen LogP contribution is 2.22. The smallest absolute Gasteiger partial charge is 0.232 e. The largest absolute Gasteiger partial charge is 0.313 e. The van der Waals surface area contributed by atoms with Gasteiger partial charge in [0.2, 0.25) is 11.9 Å². The molecule has 0 aliphatic carbocycles. The number of thiazole rings is 1. The highest BCUT2D eigenvalue weighted by molar-refractivity contribution is 7.15. The highest BCUT2D eigenvalue weighted by Gasteiger charge is 2.13. The molecule has 8 heteroatoms. The number of halogens is 1. The Morgan fingerprint density at radius 3 is 3.09 bits per heavy atom. The summed E-state index contributed by atoms with van der Waals surface area (Å²) in [7, 11) is 1.85. The molecule has 3 heterocycles. The maximum atomic E-state index is 12.2. The number of hydrogen-bond donors (Lipinski definition) is 1. The summed E-state index contributed by atoms with van der Waals surface area (Å²) in [4.78, 5) is 21.9. The third kappa shape index (κ3) is 2.58. The molecule has 0 radical (unpaired) electrons. The predicted molar refractivity (Wildman–Crippen MR) is 91.1 cm³/mol. The van der Waals surface area contributed by atoms with Gasteiger partial charge in [-0.15, -0.1) is 11.3 Å². The standard InChI is InChI=1S/C15H12ClN5OS/c1-20-12-3-2-9(16)6-11(12)18-14(20)19-13(22)7-10-8-21-4-5-23-15(21)17-10/h2-6,8H,7H2,1H3,(H,18,19,22). The molecule has 0 atom stereocenters. The zero-order chi connectivity index (χ0) is 16.0. The van der Waals surface area contributed by atoms with E-state index in [9.17, 15) is 4.79 Å². The van der Waals surface area contributed by atoms with Crippen molar-refractivity contribution in [3.8, 4) is 0 Å². The lowest BCUT2D eigenvalue weighted by Crippen LogP contribution is -2.17. The number of anilines is 1. The highest BCUT2D eigenvalue weighted by atomic mass is 35.5. The molecule has 116 valence electrons. The van der Waals surface area contributed by atoms with E-state index in [0.29, 0.717) is 11.0 Å². The molecule has 4 rings (SSSR count). The first kappa shape index (κ1) is 14.2. The quantitative estimate of drug-likeness (QED) is 0.620. The van der Waals surface area contributed by atoms with E-state index in [-0.39, 0.29) is 12.3 Å². The number of imidazole rings is 2. The summed E-state index contributed by atoms with van der Waals surface area (Å²) in [5, 5.41) is 5.40. The molecule has 4 aromatic rings. The SMILES string of the molecule is Cn1c(NC(=O)Cc2cn3ccsc3n2)nc2cc(Cl)ccc21. The van der Waals surface area contributed by atoms with Gasteiger partial charge in [-0.05, 0) is 18.2 Å². The fraction of sp³-hybridized carbons (Fsp3) is 0.133. The van der Waals surface area contributed by atoms with Gasteiger partial charge in [-0.2, -0.15) is 0 Å². The molecule has 1 amide bonds. The summed E-state index contributed by atoms with van der Waals surface area (Å²) in [5.74, 6) is 0.341. The van der Waals surface area contributed by atoms with Crippen LogP contribution in [0.1, 0.15) is 5.69 Å². The number of amides is 1. The fourth-order valence-corrected chi connectivity index (χ4v) is 3.36. The lowest BCUT2D eigenvalue weighted by Gasteiger charge is -2.03. The second-order valence-corrected chi connectivity index (χ2v) is 6.49. The molecule has 3 aromatic heterocycles. The Labute approximate surface area is 140 Å². The van der Waals surface area contributed by atoms with Gasteiger partial charge < -0.3 is 4.57 Å². The number of nitrogens with zero attached hydrogens (tertiary/aromatic N) is 4. The number of aryl methyl sites for hydroxylation is 1. The van der Waals surface area contributed by atoms with Crippen LogP contribution in [0.5, 0.6) is 0 Å². The second kappa shape index (κ2) is 5.36. The van der Waals surface area contributed by atoms with Crippen molar-refractivity contribution in [2.75, 3.05) is 5.32 Å². The maximum absolute atomic E-state index is 12.2. The van der Waals surface area contributed by atoms with E-state index < -0.39 is 0 Å². The first-order chi connectivity index (χ1) is 11.1. The van der Waals surface area contributed by atoms with Gasteiger partial charge in [-0.1, -0.05) is 11.6 Å². The average Bonchev–Trinajstić information content (AvgIpc) is 3.14. The van der Waals surface area contributed by atoms with Crippen molar-refractivity contribution < 1.29 is 4.79 Å². The molecule has 0 fully saturated rings. The summed E-state index contributed by atoms with van der Waals surface area (Å²) < 4.78 is 3.74. The summed E-state index contributed by atoms with van der Waals surface area (Å²) >= 11 is 7.51. The molecule has 23 heavy (non-hydrogen) atoms. The van der Waals surface area contributed by atoms with Crippen molar-refractivity contribution in [3.63, 3.8) is 0 Å². The summed E-state index contributed by atoms with van der Waals surface area (Å²) in [6.45, 7) is 0. The second-order valence-electron chi connectivity index (χ2n) is 5.18. The Bertz CT molecular complexity index is 1000. The lowest BCUT2D eigenvalue weighted by molar-refractivity contribution is -0.115. The number of hydrogen-bond acceptors (Lipinski definition) is 4. The number of fused-ring (bicyclic) bond motifs is 2. The van der Waals surface area contributed by atoms with E-state index >= 15 is 0 Å². The minimum atomic E-state index is -0.153. The molecule has 0 bridgehead atoms. The Kier molecular flexibility index (Phi) is 3.32. The molecule has 6 nitrogen and oxygen atoms in total. The Balaban J connectivity index is 1.56. The zero-order valence-electron chi connectivity index (χ0n) is 12.2. The van der Waals surface area contributed by atoms with Crippen LogP contribution in [0.2, 0.25) is 5.02 Å². The third-order valence-corrected chi connectivity index (χ3v) is 4.58. The van der Waals surface area contributed by atoms with Gasteiger partial charge in [-0.25, -0.2) is 9.97 Å². The van der Waals surface area contributed by atoms with Crippen molar-refractivity contribution >= 4 is 50.8 Å². The third-order valence-electron chi connectivity index (χ3n) is 3.58. The van der Waals surface area contributed by atoms with E-state index in [0.717, 1.165) is 21.7 Å². The molecule has 1 N–H and O–H groups in total.